The van der Waals surface area contributed by atoms with E-state index in [2.05, 4.69) is 19.2 Å². The minimum Gasteiger partial charge on any atom is -0.482 e. The Morgan fingerprint density at radius 1 is 1.14 bits per heavy atom. The number of nitro groups is 1. The van der Waals surface area contributed by atoms with Gasteiger partial charge in [-0.3, -0.25) is 14.9 Å². The number of amides is 1. The molecule has 0 saturated carbocycles. The molecule has 0 aromatic heterocycles. The zero-order chi connectivity index (χ0) is 21.6. The third kappa shape index (κ3) is 6.27. The summed E-state index contributed by atoms with van der Waals surface area (Å²) in [5.41, 5.74) is 0.364. The zero-order valence-electron chi connectivity index (χ0n) is 16.2. The van der Waals surface area contributed by atoms with Gasteiger partial charge < -0.3 is 14.8 Å². The van der Waals surface area contributed by atoms with Crippen LogP contribution >= 0.6 is 0 Å². The van der Waals surface area contributed by atoms with Crippen molar-refractivity contribution in [1.29, 1.82) is 0 Å². The first-order valence-electron chi connectivity index (χ1n) is 8.84. The second kappa shape index (κ2) is 9.63. The molecule has 2 aromatic carbocycles. The normalized spacial score (nSPS) is 11.6. The van der Waals surface area contributed by atoms with Crippen molar-refractivity contribution in [2.75, 3.05) is 11.9 Å². The Morgan fingerprint density at radius 2 is 1.79 bits per heavy atom. The van der Waals surface area contributed by atoms with Crippen molar-refractivity contribution in [1.82, 2.24) is 0 Å². The number of nitrogens with zero attached hydrogens (tertiary/aromatic N) is 1. The van der Waals surface area contributed by atoms with Gasteiger partial charge in [0.25, 0.3) is 5.91 Å². The number of nitrogens with one attached hydrogen (secondary N) is 1. The quantitative estimate of drug-likeness (QED) is 0.407. The van der Waals surface area contributed by atoms with Crippen molar-refractivity contribution in [2.45, 2.75) is 32.8 Å². The number of rotatable bonds is 8. The maximum Gasteiger partial charge on any atom is 0.344 e. The van der Waals surface area contributed by atoms with Gasteiger partial charge in [-0.2, -0.15) is 4.39 Å². The van der Waals surface area contributed by atoms with E-state index in [0.717, 1.165) is 17.7 Å². The maximum absolute atomic E-state index is 13.3. The van der Waals surface area contributed by atoms with E-state index in [1.54, 1.807) is 12.1 Å². The second-order valence-electron chi connectivity index (χ2n) is 6.56. The molecule has 0 bridgehead atoms. The highest BCUT2D eigenvalue weighted by atomic mass is 19.1. The first-order chi connectivity index (χ1) is 13.7. The predicted molar refractivity (Wildman–Crippen MR) is 103 cm³/mol. The molecule has 0 aliphatic carbocycles. The minimum atomic E-state index is -1.18. The monoisotopic (exact) mass is 404 g/mol. The van der Waals surface area contributed by atoms with Crippen molar-refractivity contribution in [3.05, 3.63) is 64.0 Å². The fourth-order valence-electron chi connectivity index (χ4n) is 2.35. The number of benzene rings is 2. The van der Waals surface area contributed by atoms with Crippen LogP contribution in [-0.2, 0) is 14.3 Å². The van der Waals surface area contributed by atoms with Gasteiger partial charge in [-0.15, -0.1) is 0 Å². The molecule has 2 rings (SSSR count). The molecular weight excluding hydrogens is 383 g/mol. The fourth-order valence-corrected chi connectivity index (χ4v) is 2.35. The van der Waals surface area contributed by atoms with Crippen LogP contribution in [0.4, 0.5) is 15.8 Å². The summed E-state index contributed by atoms with van der Waals surface area (Å²) in [5, 5.41) is 13.1. The minimum absolute atomic E-state index is 0.00694. The van der Waals surface area contributed by atoms with Crippen molar-refractivity contribution >= 4 is 23.3 Å². The first kappa shape index (κ1) is 21.8. The van der Waals surface area contributed by atoms with Crippen LogP contribution in [0, 0.1) is 15.9 Å². The maximum atomic E-state index is 13.3. The van der Waals surface area contributed by atoms with Crippen LogP contribution in [0.5, 0.6) is 5.75 Å². The highest BCUT2D eigenvalue weighted by Gasteiger charge is 2.20. The lowest BCUT2D eigenvalue weighted by Gasteiger charge is -2.14. The van der Waals surface area contributed by atoms with Crippen molar-refractivity contribution in [2.24, 2.45) is 0 Å². The molecule has 1 amide bonds. The molecule has 0 spiro atoms. The van der Waals surface area contributed by atoms with Crippen LogP contribution in [0.25, 0.3) is 0 Å². The van der Waals surface area contributed by atoms with E-state index >= 15 is 0 Å². The molecular formula is C20H21FN2O6. The Balaban J connectivity index is 1.86. The number of carbonyl (C=O) groups excluding carboxylic acids is 2. The van der Waals surface area contributed by atoms with Crippen LogP contribution in [0.1, 0.15) is 32.3 Å². The Hall–Kier alpha value is -3.49. The SMILES string of the molecule is CC(OC(=O)COc1ccc(C(C)C)cc1)C(=O)Nc1ccc(F)c([N+](=O)[O-])c1. The molecule has 0 radical (unpaired) electrons. The van der Waals surface area contributed by atoms with Gasteiger partial charge in [0.2, 0.25) is 5.82 Å². The fraction of sp³-hybridized carbons (Fsp3) is 0.300. The number of hydrogen-bond donors (Lipinski definition) is 1. The van der Waals surface area contributed by atoms with Crippen molar-refractivity contribution < 1.29 is 28.4 Å². The van der Waals surface area contributed by atoms with E-state index in [0.29, 0.717) is 11.7 Å². The highest BCUT2D eigenvalue weighted by Crippen LogP contribution is 2.22. The Kier molecular flexibility index (Phi) is 7.24. The molecule has 9 heteroatoms. The summed E-state index contributed by atoms with van der Waals surface area (Å²) >= 11 is 0. The van der Waals surface area contributed by atoms with Gasteiger partial charge in [-0.25, -0.2) is 4.79 Å². The predicted octanol–water partition coefficient (Wildman–Crippen LogP) is 3.81. The topological polar surface area (TPSA) is 108 Å². The van der Waals surface area contributed by atoms with Gasteiger partial charge in [0, 0.05) is 11.8 Å². The van der Waals surface area contributed by atoms with Crippen LogP contribution < -0.4 is 10.1 Å². The van der Waals surface area contributed by atoms with E-state index in [9.17, 15) is 24.1 Å². The summed E-state index contributed by atoms with van der Waals surface area (Å²) < 4.78 is 23.7. The standard InChI is InChI=1S/C20H21FN2O6/c1-12(2)14-4-7-16(8-5-14)28-11-19(24)29-13(3)20(25)22-15-6-9-17(21)18(10-15)23(26)27/h4-10,12-13H,11H2,1-3H3,(H,22,25). The second-order valence-corrected chi connectivity index (χ2v) is 6.56. The summed E-state index contributed by atoms with van der Waals surface area (Å²) in [5.74, 6) is -1.64. The molecule has 154 valence electrons. The smallest absolute Gasteiger partial charge is 0.344 e. The van der Waals surface area contributed by atoms with E-state index in [4.69, 9.17) is 9.47 Å². The molecule has 1 atom stereocenters. The Bertz CT molecular complexity index is 898. The number of esters is 1. The number of ether oxygens (including phenoxy) is 2. The number of halogens is 1. The van der Waals surface area contributed by atoms with Crippen LogP contribution in [0.2, 0.25) is 0 Å². The van der Waals surface area contributed by atoms with E-state index in [-0.39, 0.29) is 12.3 Å². The largest absolute Gasteiger partial charge is 0.482 e. The van der Waals surface area contributed by atoms with E-state index in [1.807, 2.05) is 12.1 Å². The van der Waals surface area contributed by atoms with Gasteiger partial charge in [0.05, 0.1) is 4.92 Å². The number of nitro benzene ring substituents is 1. The van der Waals surface area contributed by atoms with Gasteiger partial charge in [0.1, 0.15) is 5.75 Å². The number of hydrogen-bond acceptors (Lipinski definition) is 6. The van der Waals surface area contributed by atoms with Crippen molar-refractivity contribution in [3.63, 3.8) is 0 Å². The highest BCUT2D eigenvalue weighted by molar-refractivity contribution is 5.95. The van der Waals surface area contributed by atoms with Gasteiger partial charge in [-0.05, 0) is 42.7 Å². The molecule has 1 N–H and O–H groups in total. The van der Waals surface area contributed by atoms with Crippen LogP contribution in [-0.4, -0.2) is 29.5 Å². The molecule has 29 heavy (non-hydrogen) atoms. The average molecular weight is 404 g/mol. The third-order valence-electron chi connectivity index (χ3n) is 3.99. The van der Waals surface area contributed by atoms with Gasteiger partial charge in [0.15, 0.2) is 12.7 Å². The van der Waals surface area contributed by atoms with E-state index < -0.39 is 34.4 Å². The average Bonchev–Trinajstić information content (AvgIpc) is 2.67. The van der Waals surface area contributed by atoms with Crippen LogP contribution in [0.15, 0.2) is 42.5 Å². The summed E-state index contributed by atoms with van der Waals surface area (Å²) in [4.78, 5) is 33.8. The first-order valence-corrected chi connectivity index (χ1v) is 8.84. The lowest BCUT2D eigenvalue weighted by atomic mass is 10.0. The summed E-state index contributed by atoms with van der Waals surface area (Å²) in [6, 6.07) is 10.2. The summed E-state index contributed by atoms with van der Waals surface area (Å²) in [6.07, 6.45) is -1.18. The number of carbonyl (C=O) groups is 2. The van der Waals surface area contributed by atoms with Crippen LogP contribution in [0.3, 0.4) is 0 Å². The summed E-state index contributed by atoms with van der Waals surface area (Å²) in [7, 11) is 0. The number of anilines is 1. The Labute approximate surface area is 166 Å². The molecule has 0 heterocycles. The Morgan fingerprint density at radius 3 is 2.38 bits per heavy atom. The third-order valence-corrected chi connectivity index (χ3v) is 3.99. The molecule has 2 aromatic rings. The zero-order valence-corrected chi connectivity index (χ0v) is 16.2. The molecule has 1 unspecified atom stereocenters. The lowest BCUT2D eigenvalue weighted by Crippen LogP contribution is -2.31. The van der Waals surface area contributed by atoms with Crippen molar-refractivity contribution in [3.8, 4) is 5.75 Å². The lowest BCUT2D eigenvalue weighted by molar-refractivity contribution is -0.387. The molecule has 0 fully saturated rings. The van der Waals surface area contributed by atoms with E-state index in [1.165, 1.54) is 13.0 Å². The molecule has 0 aliphatic heterocycles. The van der Waals surface area contributed by atoms with Gasteiger partial charge >= 0.3 is 11.7 Å². The molecule has 0 aliphatic rings. The summed E-state index contributed by atoms with van der Waals surface area (Å²) in [6.45, 7) is 5.07. The molecule has 8 nitrogen and oxygen atoms in total. The van der Waals surface area contributed by atoms with Gasteiger partial charge in [-0.1, -0.05) is 26.0 Å². The molecule has 0 saturated heterocycles.